The first-order valence-corrected chi connectivity index (χ1v) is 11.2. The fraction of sp³-hybridized carbons (Fsp3) is 0.583. The predicted molar refractivity (Wildman–Crippen MR) is 119 cm³/mol. The summed E-state index contributed by atoms with van der Waals surface area (Å²) < 4.78 is 17.3. The van der Waals surface area contributed by atoms with Crippen LogP contribution in [0.15, 0.2) is 41.7 Å². The maximum atomic E-state index is 11.0. The number of methoxy groups -OCH3 is 1. The third-order valence-corrected chi connectivity index (χ3v) is 6.78. The second-order valence-electron chi connectivity index (χ2n) is 8.40. The summed E-state index contributed by atoms with van der Waals surface area (Å²) in [6.07, 6.45) is 2.57. The summed E-state index contributed by atoms with van der Waals surface area (Å²) in [6, 6.07) is 5.40. The van der Waals surface area contributed by atoms with E-state index in [1.807, 2.05) is 19.1 Å². The van der Waals surface area contributed by atoms with Crippen molar-refractivity contribution in [2.75, 3.05) is 20.3 Å². The molecule has 1 aromatic carbocycles. The third-order valence-electron chi connectivity index (χ3n) is 6.41. The van der Waals surface area contributed by atoms with Gasteiger partial charge in [-0.15, -0.1) is 0 Å². The Kier molecular flexibility index (Phi) is 7.84. The number of benzene rings is 1. The van der Waals surface area contributed by atoms with Crippen molar-refractivity contribution in [2.45, 2.75) is 57.7 Å². The van der Waals surface area contributed by atoms with Gasteiger partial charge in [0.1, 0.15) is 12.2 Å². The quantitative estimate of drug-likeness (QED) is 0.588. The van der Waals surface area contributed by atoms with Crippen molar-refractivity contribution >= 4 is 11.6 Å². The maximum Gasteiger partial charge on any atom is 0.222 e. The van der Waals surface area contributed by atoms with Gasteiger partial charge in [0.05, 0.1) is 25.1 Å². The molecule has 1 aromatic rings. The number of aliphatic hydroxyl groups excluding tert-OH is 3. The van der Waals surface area contributed by atoms with Gasteiger partial charge in [-0.25, -0.2) is 0 Å². The van der Waals surface area contributed by atoms with Crippen LogP contribution in [0.5, 0.6) is 0 Å². The number of hydrogen-bond acceptors (Lipinski definition) is 6. The predicted octanol–water partition coefficient (Wildman–Crippen LogP) is 3.32. The van der Waals surface area contributed by atoms with E-state index in [9.17, 15) is 15.3 Å². The number of hydrogen-bond donors (Lipinski definition) is 3. The Bertz CT molecular complexity index is 835. The van der Waals surface area contributed by atoms with Gasteiger partial charge in [0.25, 0.3) is 0 Å². The average molecular weight is 453 g/mol. The minimum absolute atomic E-state index is 0.313. The van der Waals surface area contributed by atoms with Crippen LogP contribution in [0.2, 0.25) is 5.02 Å². The molecule has 0 spiro atoms. The zero-order chi connectivity index (χ0) is 22.8. The number of aliphatic hydroxyl groups is 3. The summed E-state index contributed by atoms with van der Waals surface area (Å²) in [5.74, 6) is -0.778. The monoisotopic (exact) mass is 452 g/mol. The molecule has 0 bridgehead atoms. The first-order valence-electron chi connectivity index (χ1n) is 10.8. The van der Waals surface area contributed by atoms with Crippen LogP contribution in [0.4, 0.5) is 0 Å². The van der Waals surface area contributed by atoms with E-state index in [0.717, 1.165) is 17.7 Å². The van der Waals surface area contributed by atoms with Gasteiger partial charge in [0.15, 0.2) is 0 Å². The molecule has 1 fully saturated rings. The van der Waals surface area contributed by atoms with E-state index in [2.05, 4.69) is 13.0 Å². The number of halogens is 1. The summed E-state index contributed by atoms with van der Waals surface area (Å²) in [7, 11) is 1.45. The van der Waals surface area contributed by atoms with Crippen LogP contribution in [0.25, 0.3) is 0 Å². The lowest BCUT2D eigenvalue weighted by Crippen LogP contribution is -2.60. The van der Waals surface area contributed by atoms with E-state index in [0.29, 0.717) is 29.5 Å². The summed E-state index contributed by atoms with van der Waals surface area (Å²) in [5.41, 5.74) is 2.71. The molecule has 3 N–H and O–H groups in total. The SMILES string of the molecule is CCOC1=CC=C(Cc2cc([C@]3(OC)O[C@H](CO)[C@@H](O)[C@H](C)[C@H]3O)ccc2Cl)C(C)C1. The van der Waals surface area contributed by atoms with Crippen LogP contribution < -0.4 is 0 Å². The van der Waals surface area contributed by atoms with E-state index in [1.54, 1.807) is 19.1 Å². The van der Waals surface area contributed by atoms with Crippen molar-refractivity contribution in [1.29, 1.82) is 0 Å². The van der Waals surface area contributed by atoms with E-state index in [-0.39, 0.29) is 6.61 Å². The van der Waals surface area contributed by atoms with Crippen LogP contribution >= 0.6 is 11.6 Å². The fourth-order valence-electron chi connectivity index (χ4n) is 4.44. The molecule has 1 heterocycles. The molecule has 6 nitrogen and oxygen atoms in total. The standard InChI is InChI=1S/C24H33ClO6/c1-5-30-19-8-6-16(14(2)10-19)11-17-12-18(7-9-20(17)25)24(29-4)23(28)15(3)22(27)21(13-26)31-24/h6-9,12,14-15,21-23,26-28H,5,10-11,13H2,1-4H3/t14?,15-,21+,22-,23+,24-/m0/s1. The molecular formula is C24H33ClO6. The first-order chi connectivity index (χ1) is 14.8. The molecule has 172 valence electrons. The zero-order valence-corrected chi connectivity index (χ0v) is 19.3. The van der Waals surface area contributed by atoms with Crippen LogP contribution in [0.1, 0.15) is 38.3 Å². The lowest BCUT2D eigenvalue weighted by Gasteiger charge is -2.48. The topological polar surface area (TPSA) is 88.4 Å². The van der Waals surface area contributed by atoms with Crippen molar-refractivity contribution in [3.63, 3.8) is 0 Å². The van der Waals surface area contributed by atoms with Crippen molar-refractivity contribution in [3.8, 4) is 0 Å². The summed E-state index contributed by atoms with van der Waals surface area (Å²) in [4.78, 5) is 0. The smallest absolute Gasteiger partial charge is 0.222 e. The second-order valence-corrected chi connectivity index (χ2v) is 8.81. The molecule has 0 aromatic heterocycles. The zero-order valence-electron chi connectivity index (χ0n) is 18.5. The molecule has 1 saturated heterocycles. The number of ether oxygens (including phenoxy) is 3. The molecule has 0 amide bonds. The van der Waals surface area contributed by atoms with Crippen molar-refractivity contribution in [2.24, 2.45) is 11.8 Å². The van der Waals surface area contributed by atoms with Crippen molar-refractivity contribution in [1.82, 2.24) is 0 Å². The van der Waals surface area contributed by atoms with Gasteiger partial charge in [-0.2, -0.15) is 0 Å². The van der Waals surface area contributed by atoms with Crippen LogP contribution in [-0.2, 0) is 26.4 Å². The molecule has 7 heteroatoms. The van der Waals surface area contributed by atoms with E-state index >= 15 is 0 Å². The second kappa shape index (κ2) is 10.0. The first kappa shape index (κ1) is 24.2. The molecule has 1 unspecified atom stereocenters. The van der Waals surface area contributed by atoms with E-state index < -0.39 is 30.0 Å². The van der Waals surface area contributed by atoms with Crippen LogP contribution in [0.3, 0.4) is 0 Å². The average Bonchev–Trinajstić information content (AvgIpc) is 2.76. The summed E-state index contributed by atoms with van der Waals surface area (Å²) in [5, 5.41) is 31.6. The van der Waals surface area contributed by atoms with Gasteiger partial charge < -0.3 is 29.5 Å². The highest BCUT2D eigenvalue weighted by Crippen LogP contribution is 2.43. The van der Waals surface area contributed by atoms with Gasteiger partial charge in [-0.05, 0) is 43.0 Å². The number of rotatable bonds is 7. The van der Waals surface area contributed by atoms with Crippen LogP contribution in [-0.4, -0.2) is 54.0 Å². The number of allylic oxidation sites excluding steroid dienone is 4. The molecule has 1 aliphatic heterocycles. The van der Waals surface area contributed by atoms with Crippen molar-refractivity contribution < 1.29 is 29.5 Å². The van der Waals surface area contributed by atoms with Gasteiger partial charge in [-0.3, -0.25) is 0 Å². The Labute approximate surface area is 189 Å². The molecule has 1 aliphatic carbocycles. The Morgan fingerprint density at radius 1 is 1.23 bits per heavy atom. The lowest BCUT2D eigenvalue weighted by molar-refractivity contribution is -0.357. The minimum Gasteiger partial charge on any atom is -0.498 e. The van der Waals surface area contributed by atoms with Crippen LogP contribution in [0, 0.1) is 11.8 Å². The molecule has 2 aliphatic rings. The lowest BCUT2D eigenvalue weighted by atomic mass is 9.81. The van der Waals surface area contributed by atoms with E-state index in [1.165, 1.54) is 12.7 Å². The molecular weight excluding hydrogens is 420 g/mol. The molecule has 3 rings (SSSR count). The highest BCUT2D eigenvalue weighted by Gasteiger charge is 2.53. The Balaban J connectivity index is 1.94. The normalized spacial score (nSPS) is 33.6. The third kappa shape index (κ3) is 4.70. The fourth-order valence-corrected chi connectivity index (χ4v) is 4.63. The highest BCUT2D eigenvalue weighted by atomic mass is 35.5. The molecule has 0 saturated carbocycles. The molecule has 31 heavy (non-hydrogen) atoms. The Morgan fingerprint density at radius 3 is 2.58 bits per heavy atom. The molecule has 6 atom stereocenters. The minimum atomic E-state index is -1.51. The highest BCUT2D eigenvalue weighted by molar-refractivity contribution is 6.31. The van der Waals surface area contributed by atoms with Gasteiger partial charge in [0, 0.05) is 30.0 Å². The van der Waals surface area contributed by atoms with Gasteiger partial charge in [0.2, 0.25) is 5.79 Å². The van der Waals surface area contributed by atoms with Crippen molar-refractivity contribution in [3.05, 3.63) is 57.8 Å². The maximum absolute atomic E-state index is 11.0. The van der Waals surface area contributed by atoms with Gasteiger partial charge >= 0.3 is 0 Å². The molecule has 0 radical (unpaired) electrons. The summed E-state index contributed by atoms with van der Waals surface area (Å²) >= 11 is 6.52. The largest absolute Gasteiger partial charge is 0.498 e. The van der Waals surface area contributed by atoms with Gasteiger partial charge in [-0.1, -0.05) is 43.2 Å². The Hall–Kier alpha value is -1.41. The van der Waals surface area contributed by atoms with E-state index in [4.69, 9.17) is 25.8 Å². The summed E-state index contributed by atoms with van der Waals surface area (Å²) in [6.45, 7) is 6.11. The Morgan fingerprint density at radius 2 is 1.97 bits per heavy atom.